The van der Waals surface area contributed by atoms with E-state index >= 15 is 0 Å². The highest BCUT2D eigenvalue weighted by atomic mass is 19.1. The van der Waals surface area contributed by atoms with E-state index in [-0.39, 0.29) is 11.9 Å². The van der Waals surface area contributed by atoms with Crippen molar-refractivity contribution in [3.63, 3.8) is 0 Å². The third-order valence-corrected chi connectivity index (χ3v) is 4.94. The molecule has 1 atom stereocenters. The van der Waals surface area contributed by atoms with Crippen molar-refractivity contribution in [3.05, 3.63) is 42.1 Å². The first kappa shape index (κ1) is 14.4. The number of fused-ring (bicyclic) bond motifs is 3. The molecule has 0 spiro atoms. The van der Waals surface area contributed by atoms with Gasteiger partial charge >= 0.3 is 0 Å². The van der Waals surface area contributed by atoms with Crippen LogP contribution in [0.4, 0.5) is 4.39 Å². The molecule has 1 amide bonds. The zero-order valence-electron chi connectivity index (χ0n) is 12.8. The summed E-state index contributed by atoms with van der Waals surface area (Å²) in [6.07, 6.45) is 3.79. The van der Waals surface area contributed by atoms with E-state index in [0.717, 1.165) is 30.9 Å². The van der Waals surface area contributed by atoms with Crippen LogP contribution in [-0.2, 0) is 0 Å². The van der Waals surface area contributed by atoms with Crippen LogP contribution < -0.4 is 5.32 Å². The number of hydrogen-bond acceptors (Lipinski definition) is 3. The lowest BCUT2D eigenvalue weighted by molar-refractivity contribution is 0.0618. The van der Waals surface area contributed by atoms with Gasteiger partial charge in [0.05, 0.1) is 0 Å². The fraction of sp³-hybridized carbons (Fsp3) is 0.412. The lowest BCUT2D eigenvalue weighted by Gasteiger charge is -2.44. The number of halogens is 1. The summed E-state index contributed by atoms with van der Waals surface area (Å²) in [5.41, 5.74) is 2.05. The second-order valence-corrected chi connectivity index (χ2v) is 6.37. The molecule has 0 aliphatic carbocycles. The molecular weight excluding hydrogens is 295 g/mol. The van der Waals surface area contributed by atoms with Gasteiger partial charge in [-0.2, -0.15) is 4.39 Å². The van der Waals surface area contributed by atoms with E-state index in [2.05, 4.69) is 20.2 Å². The summed E-state index contributed by atoms with van der Waals surface area (Å²) in [6.45, 7) is 3.26. The highest BCUT2D eigenvalue weighted by Crippen LogP contribution is 2.27. The van der Waals surface area contributed by atoms with Gasteiger partial charge in [0.2, 0.25) is 5.95 Å². The van der Waals surface area contributed by atoms with Gasteiger partial charge in [-0.25, -0.2) is 4.98 Å². The molecule has 0 radical (unpaired) electrons. The third kappa shape index (κ3) is 2.86. The number of nitrogens with zero attached hydrogens (tertiary/aromatic N) is 2. The molecule has 3 saturated heterocycles. The van der Waals surface area contributed by atoms with Gasteiger partial charge in [0.25, 0.3) is 5.91 Å². The first-order valence-electron chi connectivity index (χ1n) is 8.03. The number of aromatic nitrogens is 2. The van der Waals surface area contributed by atoms with Crippen LogP contribution in [0.2, 0.25) is 0 Å². The van der Waals surface area contributed by atoms with Gasteiger partial charge < -0.3 is 15.2 Å². The molecule has 1 unspecified atom stereocenters. The van der Waals surface area contributed by atoms with Crippen LogP contribution in [0.5, 0.6) is 0 Å². The van der Waals surface area contributed by atoms with Crippen molar-refractivity contribution in [2.24, 2.45) is 5.92 Å². The average molecular weight is 314 g/mol. The smallest absolute Gasteiger partial charge is 0.267 e. The summed E-state index contributed by atoms with van der Waals surface area (Å²) in [5.74, 6) is 0.00498. The monoisotopic (exact) mass is 314 g/mol. The first-order chi connectivity index (χ1) is 11.2. The Kier molecular flexibility index (Phi) is 3.61. The van der Waals surface area contributed by atoms with E-state index in [4.69, 9.17) is 0 Å². The maximum Gasteiger partial charge on any atom is 0.267 e. The van der Waals surface area contributed by atoms with Crippen LogP contribution in [0.1, 0.15) is 23.3 Å². The molecule has 3 aliphatic heterocycles. The lowest BCUT2D eigenvalue weighted by Crippen LogP contribution is -2.57. The molecule has 5 rings (SSSR count). The largest absolute Gasteiger partial charge is 0.351 e. The molecule has 0 aromatic carbocycles. The number of piperidine rings is 3. The Morgan fingerprint density at radius 1 is 1.26 bits per heavy atom. The predicted molar refractivity (Wildman–Crippen MR) is 84.4 cm³/mol. The fourth-order valence-corrected chi connectivity index (χ4v) is 3.61. The quantitative estimate of drug-likeness (QED) is 0.852. The number of carbonyl (C=O) groups is 1. The Balaban J connectivity index is 1.46. The van der Waals surface area contributed by atoms with Crippen molar-refractivity contribution in [1.82, 2.24) is 20.2 Å². The van der Waals surface area contributed by atoms with Crippen LogP contribution in [-0.4, -0.2) is 46.5 Å². The standard InChI is InChI=1S/C17H19FN4O/c18-16-4-1-12(9-19-16)13-2-3-14(20-13)17(23)21-15-10-22-7-5-11(15)6-8-22/h1-4,9,11,15,20H,5-8,10H2,(H,21,23). The minimum Gasteiger partial charge on any atom is -0.351 e. The van der Waals surface area contributed by atoms with Crippen molar-refractivity contribution in [2.75, 3.05) is 19.6 Å². The van der Waals surface area contributed by atoms with Crippen molar-refractivity contribution < 1.29 is 9.18 Å². The Hall–Kier alpha value is -2.21. The molecule has 23 heavy (non-hydrogen) atoms. The first-order valence-corrected chi connectivity index (χ1v) is 8.03. The molecule has 2 N–H and O–H groups in total. The van der Waals surface area contributed by atoms with E-state index < -0.39 is 5.95 Å². The van der Waals surface area contributed by atoms with Crippen LogP contribution in [0.25, 0.3) is 11.3 Å². The van der Waals surface area contributed by atoms with Gasteiger partial charge in [0, 0.05) is 30.0 Å². The Morgan fingerprint density at radius 2 is 2.09 bits per heavy atom. The van der Waals surface area contributed by atoms with E-state index in [9.17, 15) is 9.18 Å². The minimum absolute atomic E-state index is 0.0786. The molecule has 5 nitrogen and oxygen atoms in total. The normalized spacial score (nSPS) is 26.2. The zero-order valence-corrected chi connectivity index (χ0v) is 12.8. The Morgan fingerprint density at radius 3 is 2.74 bits per heavy atom. The highest BCUT2D eigenvalue weighted by molar-refractivity contribution is 5.93. The second kappa shape index (κ2) is 5.77. The van der Waals surface area contributed by atoms with Crippen LogP contribution in [0.15, 0.2) is 30.5 Å². The summed E-state index contributed by atoms with van der Waals surface area (Å²) in [5, 5.41) is 3.15. The number of amides is 1. The molecule has 120 valence electrons. The van der Waals surface area contributed by atoms with Crippen molar-refractivity contribution >= 4 is 5.91 Å². The van der Waals surface area contributed by atoms with E-state index in [0.29, 0.717) is 11.6 Å². The molecule has 2 bridgehead atoms. The number of nitrogens with one attached hydrogen (secondary N) is 2. The zero-order chi connectivity index (χ0) is 15.8. The van der Waals surface area contributed by atoms with Gasteiger partial charge in [-0.05, 0) is 56.1 Å². The molecule has 0 saturated carbocycles. The Labute approximate surface area is 133 Å². The molecule has 3 fully saturated rings. The average Bonchev–Trinajstić information content (AvgIpc) is 3.07. The predicted octanol–water partition coefficient (Wildman–Crippen LogP) is 2.04. The highest BCUT2D eigenvalue weighted by Gasteiger charge is 2.35. The van der Waals surface area contributed by atoms with E-state index in [1.807, 2.05) is 6.07 Å². The number of hydrogen-bond donors (Lipinski definition) is 2. The SMILES string of the molecule is O=C(NC1CN2CCC1CC2)c1ccc(-c2ccc(F)nc2)[nH]1. The van der Waals surface area contributed by atoms with Crippen molar-refractivity contribution in [2.45, 2.75) is 18.9 Å². The lowest BCUT2D eigenvalue weighted by atomic mass is 9.84. The summed E-state index contributed by atoms with van der Waals surface area (Å²) in [4.78, 5) is 21.6. The summed E-state index contributed by atoms with van der Waals surface area (Å²) < 4.78 is 12.9. The number of H-pyrrole nitrogens is 1. The molecule has 6 heteroatoms. The van der Waals surface area contributed by atoms with Crippen molar-refractivity contribution in [1.29, 1.82) is 0 Å². The van der Waals surface area contributed by atoms with Crippen molar-refractivity contribution in [3.8, 4) is 11.3 Å². The van der Waals surface area contributed by atoms with Crippen LogP contribution in [0, 0.1) is 11.9 Å². The second-order valence-electron chi connectivity index (χ2n) is 6.37. The van der Waals surface area contributed by atoms with E-state index in [1.165, 1.54) is 25.1 Å². The number of rotatable bonds is 3. The molecule has 5 heterocycles. The van der Waals surface area contributed by atoms with Gasteiger partial charge in [0.1, 0.15) is 5.69 Å². The molecular formula is C17H19FN4O. The molecule has 2 aromatic rings. The number of carbonyl (C=O) groups excluding carboxylic acids is 1. The molecule has 3 aliphatic rings. The van der Waals surface area contributed by atoms with E-state index in [1.54, 1.807) is 12.1 Å². The number of pyridine rings is 1. The number of aromatic amines is 1. The van der Waals surface area contributed by atoms with Gasteiger partial charge in [-0.15, -0.1) is 0 Å². The van der Waals surface area contributed by atoms with Crippen LogP contribution in [0.3, 0.4) is 0 Å². The fourth-order valence-electron chi connectivity index (χ4n) is 3.61. The topological polar surface area (TPSA) is 61.0 Å². The Bertz CT molecular complexity index is 704. The van der Waals surface area contributed by atoms with Crippen LogP contribution >= 0.6 is 0 Å². The van der Waals surface area contributed by atoms with Gasteiger partial charge in [-0.3, -0.25) is 4.79 Å². The summed E-state index contributed by atoms with van der Waals surface area (Å²) in [6, 6.07) is 6.77. The minimum atomic E-state index is -0.513. The maximum atomic E-state index is 12.9. The summed E-state index contributed by atoms with van der Waals surface area (Å²) in [7, 11) is 0. The maximum absolute atomic E-state index is 12.9. The summed E-state index contributed by atoms with van der Waals surface area (Å²) >= 11 is 0. The van der Waals surface area contributed by atoms with Gasteiger partial charge in [-0.1, -0.05) is 0 Å². The molecule has 2 aromatic heterocycles. The third-order valence-electron chi connectivity index (χ3n) is 4.94. The van der Waals surface area contributed by atoms with Gasteiger partial charge in [0.15, 0.2) is 0 Å².